The van der Waals surface area contributed by atoms with Gasteiger partial charge in [0.15, 0.2) is 5.78 Å². The number of carbonyl (C=O) groups is 1. The summed E-state index contributed by atoms with van der Waals surface area (Å²) < 4.78 is 6.01. The van der Waals surface area contributed by atoms with Gasteiger partial charge in [0.25, 0.3) is 0 Å². The van der Waals surface area contributed by atoms with Crippen LogP contribution in [0.3, 0.4) is 0 Å². The van der Waals surface area contributed by atoms with E-state index in [1.165, 1.54) is 4.88 Å². The third-order valence-corrected chi connectivity index (χ3v) is 4.89. The van der Waals surface area contributed by atoms with Crippen molar-refractivity contribution in [1.82, 2.24) is 0 Å². The number of hydrogen-bond donors (Lipinski definition) is 0. The van der Waals surface area contributed by atoms with Crippen molar-refractivity contribution < 1.29 is 9.53 Å². The van der Waals surface area contributed by atoms with Gasteiger partial charge in [0.05, 0.1) is 22.0 Å². The van der Waals surface area contributed by atoms with Gasteiger partial charge in [-0.15, -0.1) is 11.3 Å². The molecule has 18 heavy (non-hydrogen) atoms. The Morgan fingerprint density at radius 3 is 2.50 bits per heavy atom. The molecule has 0 bridgehead atoms. The first-order valence-corrected chi connectivity index (χ1v) is 7.40. The average Bonchev–Trinajstić information content (AvgIpc) is 2.79. The summed E-state index contributed by atoms with van der Waals surface area (Å²) in [5.74, 6) is 0.214. The van der Waals surface area contributed by atoms with Crippen LogP contribution < -0.4 is 0 Å². The van der Waals surface area contributed by atoms with E-state index in [1.54, 1.807) is 11.3 Å². The smallest absolute Gasteiger partial charge is 0.178 e. The van der Waals surface area contributed by atoms with E-state index in [1.807, 2.05) is 19.9 Å². The summed E-state index contributed by atoms with van der Waals surface area (Å²) in [5.41, 5.74) is -0.564. The lowest BCUT2D eigenvalue weighted by molar-refractivity contribution is -0.0712. The Morgan fingerprint density at radius 2 is 2.06 bits per heavy atom. The van der Waals surface area contributed by atoms with E-state index in [0.29, 0.717) is 0 Å². The van der Waals surface area contributed by atoms with Gasteiger partial charge in [0, 0.05) is 4.88 Å². The summed E-state index contributed by atoms with van der Waals surface area (Å²) in [5, 5.41) is 0. The maximum atomic E-state index is 12.6. The molecule has 100 valence electrons. The summed E-state index contributed by atoms with van der Waals surface area (Å²) in [6.07, 6.45) is 1.80. The summed E-state index contributed by atoms with van der Waals surface area (Å²) in [4.78, 5) is 14.8. The topological polar surface area (TPSA) is 26.3 Å². The average molecular weight is 266 g/mol. The van der Waals surface area contributed by atoms with Crippen molar-refractivity contribution in [3.63, 3.8) is 0 Å². The monoisotopic (exact) mass is 266 g/mol. The number of ether oxygens (including phenoxy) is 1. The molecule has 0 saturated carbocycles. The van der Waals surface area contributed by atoms with Gasteiger partial charge in [0.1, 0.15) is 0 Å². The van der Waals surface area contributed by atoms with Crippen molar-refractivity contribution in [2.45, 2.75) is 58.7 Å². The largest absolute Gasteiger partial charge is 0.369 e. The molecule has 0 spiro atoms. The Balaban J connectivity index is 2.24. The molecule has 2 nitrogen and oxygen atoms in total. The molecule has 1 aromatic rings. The molecule has 3 heteroatoms. The van der Waals surface area contributed by atoms with Crippen LogP contribution in [0.2, 0.25) is 0 Å². The molecule has 1 unspecified atom stereocenters. The van der Waals surface area contributed by atoms with E-state index in [-0.39, 0.29) is 22.9 Å². The summed E-state index contributed by atoms with van der Waals surface area (Å²) in [7, 11) is 0. The van der Waals surface area contributed by atoms with Crippen LogP contribution >= 0.6 is 11.3 Å². The van der Waals surface area contributed by atoms with Crippen LogP contribution in [0.5, 0.6) is 0 Å². The van der Waals surface area contributed by atoms with Crippen LogP contribution in [-0.4, -0.2) is 17.0 Å². The minimum Gasteiger partial charge on any atom is -0.369 e. The molecule has 0 N–H and O–H groups in total. The lowest BCUT2D eigenvalue weighted by Crippen LogP contribution is -2.33. The van der Waals surface area contributed by atoms with Crippen LogP contribution in [-0.2, 0) is 11.2 Å². The van der Waals surface area contributed by atoms with E-state index in [2.05, 4.69) is 26.8 Å². The number of Topliss-reactive ketones (excluding diaryl/α,β-unsaturated/α-hetero) is 1. The van der Waals surface area contributed by atoms with E-state index in [0.717, 1.165) is 17.7 Å². The predicted octanol–water partition coefficient (Wildman–Crippen LogP) is 4.09. The quantitative estimate of drug-likeness (QED) is 0.770. The Hall–Kier alpha value is -0.670. The Labute approximate surface area is 113 Å². The number of thiophene rings is 1. The molecule has 1 saturated heterocycles. The molecule has 1 aliphatic rings. The fourth-order valence-electron chi connectivity index (χ4n) is 2.84. The molecule has 1 aliphatic heterocycles. The van der Waals surface area contributed by atoms with Crippen molar-refractivity contribution >= 4 is 17.1 Å². The molecule has 1 fully saturated rings. The van der Waals surface area contributed by atoms with E-state index >= 15 is 0 Å². The van der Waals surface area contributed by atoms with Gasteiger partial charge >= 0.3 is 0 Å². The van der Waals surface area contributed by atoms with Crippen LogP contribution in [0.1, 0.15) is 55.6 Å². The lowest BCUT2D eigenvalue weighted by atomic mass is 9.83. The van der Waals surface area contributed by atoms with Gasteiger partial charge in [0.2, 0.25) is 0 Å². The third-order valence-electron chi connectivity index (χ3n) is 3.64. The van der Waals surface area contributed by atoms with Gasteiger partial charge in [-0.1, -0.05) is 6.92 Å². The van der Waals surface area contributed by atoms with E-state index in [4.69, 9.17) is 4.74 Å². The molecule has 2 rings (SSSR count). The summed E-state index contributed by atoms with van der Waals surface area (Å²) in [6.45, 7) is 10.3. The number of aryl methyl sites for hydroxylation is 1. The van der Waals surface area contributed by atoms with Crippen LogP contribution in [0.4, 0.5) is 0 Å². The SMILES string of the molecule is CCc1ccc(C(=O)C2CC(C)(C)OC2(C)C)s1. The maximum Gasteiger partial charge on any atom is 0.178 e. The van der Waals surface area contributed by atoms with Crippen molar-refractivity contribution in [2.75, 3.05) is 0 Å². The summed E-state index contributed by atoms with van der Waals surface area (Å²) in [6, 6.07) is 4.03. The maximum absolute atomic E-state index is 12.6. The van der Waals surface area contributed by atoms with Gasteiger partial charge < -0.3 is 4.74 Å². The Bertz CT molecular complexity index is 457. The predicted molar refractivity (Wildman–Crippen MR) is 75.4 cm³/mol. The molecule has 2 heterocycles. The lowest BCUT2D eigenvalue weighted by Gasteiger charge is -2.26. The second-order valence-electron chi connectivity index (χ2n) is 6.21. The minimum atomic E-state index is -0.364. The second kappa shape index (κ2) is 4.46. The number of rotatable bonds is 3. The molecular weight excluding hydrogens is 244 g/mol. The molecule has 1 atom stereocenters. The van der Waals surface area contributed by atoms with Crippen molar-refractivity contribution in [2.24, 2.45) is 5.92 Å². The zero-order chi connectivity index (χ0) is 13.6. The number of ketones is 1. The molecule has 0 aromatic carbocycles. The summed E-state index contributed by atoms with van der Waals surface area (Å²) >= 11 is 1.62. The Morgan fingerprint density at radius 1 is 1.39 bits per heavy atom. The van der Waals surface area contributed by atoms with Crippen LogP contribution in [0.25, 0.3) is 0 Å². The third kappa shape index (κ3) is 2.52. The number of hydrogen-bond acceptors (Lipinski definition) is 3. The highest BCUT2D eigenvalue weighted by Crippen LogP contribution is 2.43. The highest BCUT2D eigenvalue weighted by Gasteiger charge is 2.49. The highest BCUT2D eigenvalue weighted by atomic mass is 32.1. The fourth-order valence-corrected chi connectivity index (χ4v) is 3.78. The fraction of sp³-hybridized carbons (Fsp3) is 0.667. The van der Waals surface area contributed by atoms with E-state index < -0.39 is 0 Å². The Kier molecular flexibility index (Phi) is 3.41. The molecule has 0 aliphatic carbocycles. The van der Waals surface area contributed by atoms with Gasteiger partial charge in [-0.3, -0.25) is 4.79 Å². The first-order chi connectivity index (χ1) is 8.25. The normalized spacial score (nSPS) is 25.3. The zero-order valence-electron chi connectivity index (χ0n) is 11.9. The van der Waals surface area contributed by atoms with Gasteiger partial charge in [-0.25, -0.2) is 0 Å². The van der Waals surface area contributed by atoms with Crippen LogP contribution in [0, 0.1) is 5.92 Å². The van der Waals surface area contributed by atoms with Crippen molar-refractivity contribution in [3.05, 3.63) is 21.9 Å². The van der Waals surface area contributed by atoms with Gasteiger partial charge in [-0.05, 0) is 52.7 Å². The standard InChI is InChI=1S/C15H22O2S/c1-6-10-7-8-12(18-10)13(16)11-9-14(2,3)17-15(11,4)5/h7-8,11H,6,9H2,1-5H3. The highest BCUT2D eigenvalue weighted by molar-refractivity contribution is 7.14. The van der Waals surface area contributed by atoms with Gasteiger partial charge in [-0.2, -0.15) is 0 Å². The first-order valence-electron chi connectivity index (χ1n) is 6.58. The first kappa shape index (κ1) is 13.8. The van der Waals surface area contributed by atoms with Crippen LogP contribution in [0.15, 0.2) is 12.1 Å². The minimum absolute atomic E-state index is 0.0316. The molecule has 0 radical (unpaired) electrons. The zero-order valence-corrected chi connectivity index (χ0v) is 12.7. The molecular formula is C15H22O2S. The molecule has 0 amide bonds. The van der Waals surface area contributed by atoms with Crippen molar-refractivity contribution in [1.29, 1.82) is 0 Å². The molecule has 1 aromatic heterocycles. The van der Waals surface area contributed by atoms with Crippen molar-refractivity contribution in [3.8, 4) is 0 Å². The van der Waals surface area contributed by atoms with E-state index in [9.17, 15) is 4.79 Å². The number of carbonyl (C=O) groups excluding carboxylic acids is 1. The second-order valence-corrected chi connectivity index (χ2v) is 7.37.